The van der Waals surface area contributed by atoms with Crippen LogP contribution < -0.4 is 0 Å². The predicted molar refractivity (Wildman–Crippen MR) is 210 cm³/mol. The number of benzene rings is 6. The molecule has 0 saturated heterocycles. The van der Waals surface area contributed by atoms with Crippen molar-refractivity contribution in [2.75, 3.05) is 0 Å². The van der Waals surface area contributed by atoms with E-state index in [9.17, 15) is 0 Å². The molecule has 0 N–H and O–H groups in total. The van der Waals surface area contributed by atoms with Crippen molar-refractivity contribution in [1.29, 1.82) is 0 Å². The molecular weight excluding hydrogens is 623 g/mol. The van der Waals surface area contributed by atoms with Crippen molar-refractivity contribution in [2.24, 2.45) is 0 Å². The molecule has 238 valence electrons. The van der Waals surface area contributed by atoms with E-state index in [0.29, 0.717) is 0 Å². The van der Waals surface area contributed by atoms with Gasteiger partial charge in [-0.15, -0.1) is 0 Å². The predicted octanol–water partition coefficient (Wildman–Crippen LogP) is 11.4. The fourth-order valence-corrected chi connectivity index (χ4v) is 8.19. The number of aromatic nitrogens is 5. The SMILES string of the molecule is c1cc(-c2ccccc2-n2c3ccccc3c3ccccc32)cc(-n2c3ccccc3c3cc(-n4c5ccccc5c5ncccc54)cnc32)c1. The zero-order chi connectivity index (χ0) is 33.5. The van der Waals surface area contributed by atoms with Crippen LogP contribution in [0, 0.1) is 0 Å². The van der Waals surface area contributed by atoms with E-state index in [0.717, 1.165) is 66.5 Å². The van der Waals surface area contributed by atoms with Crippen molar-refractivity contribution >= 4 is 65.7 Å². The van der Waals surface area contributed by atoms with Crippen molar-refractivity contribution in [2.45, 2.75) is 0 Å². The Bertz CT molecular complexity index is 3050. The number of para-hydroxylation sites is 5. The quantitative estimate of drug-likeness (QED) is 0.190. The lowest BCUT2D eigenvalue weighted by Gasteiger charge is -2.15. The van der Waals surface area contributed by atoms with Crippen molar-refractivity contribution in [3.05, 3.63) is 176 Å². The molecule has 0 atom stereocenters. The van der Waals surface area contributed by atoms with Crippen LogP contribution in [-0.2, 0) is 0 Å². The third kappa shape index (κ3) is 4.03. The summed E-state index contributed by atoms with van der Waals surface area (Å²) in [6.45, 7) is 0. The van der Waals surface area contributed by atoms with Gasteiger partial charge in [-0.3, -0.25) is 9.55 Å². The summed E-state index contributed by atoms with van der Waals surface area (Å²) in [6.07, 6.45) is 3.86. The van der Waals surface area contributed by atoms with E-state index >= 15 is 0 Å². The average Bonchev–Trinajstić information content (AvgIpc) is 3.84. The van der Waals surface area contributed by atoms with E-state index in [1.165, 1.54) is 27.4 Å². The molecule has 5 heterocycles. The lowest BCUT2D eigenvalue weighted by molar-refractivity contribution is 1.11. The molecule has 0 saturated carbocycles. The molecule has 0 fully saturated rings. The summed E-state index contributed by atoms with van der Waals surface area (Å²) >= 11 is 0. The van der Waals surface area contributed by atoms with Crippen LogP contribution in [0.25, 0.3) is 93.9 Å². The fraction of sp³-hybridized carbons (Fsp3) is 0. The second kappa shape index (κ2) is 10.8. The Morgan fingerprint density at radius 3 is 1.71 bits per heavy atom. The van der Waals surface area contributed by atoms with E-state index < -0.39 is 0 Å². The second-order valence-corrected chi connectivity index (χ2v) is 13.1. The van der Waals surface area contributed by atoms with Gasteiger partial charge in [-0.2, -0.15) is 0 Å². The van der Waals surface area contributed by atoms with E-state index in [-0.39, 0.29) is 0 Å². The monoisotopic (exact) mass is 651 g/mol. The number of hydrogen-bond acceptors (Lipinski definition) is 2. The molecule has 11 rings (SSSR count). The van der Waals surface area contributed by atoms with Gasteiger partial charge in [0.05, 0.1) is 50.7 Å². The normalized spacial score (nSPS) is 11.9. The van der Waals surface area contributed by atoms with Crippen LogP contribution in [0.4, 0.5) is 0 Å². The maximum Gasteiger partial charge on any atom is 0.145 e. The average molecular weight is 652 g/mol. The van der Waals surface area contributed by atoms with Crippen molar-refractivity contribution in [1.82, 2.24) is 23.7 Å². The van der Waals surface area contributed by atoms with Crippen molar-refractivity contribution < 1.29 is 0 Å². The zero-order valence-corrected chi connectivity index (χ0v) is 27.5. The Balaban J connectivity index is 1.12. The first-order valence-electron chi connectivity index (χ1n) is 17.3. The minimum Gasteiger partial charge on any atom is -0.309 e. The molecule has 0 spiro atoms. The van der Waals surface area contributed by atoms with E-state index in [1.807, 2.05) is 18.5 Å². The minimum atomic E-state index is 0.923. The Labute approximate surface area is 292 Å². The lowest BCUT2D eigenvalue weighted by Crippen LogP contribution is -1.99. The Hall–Kier alpha value is -6.98. The van der Waals surface area contributed by atoms with Crippen LogP contribution in [0.1, 0.15) is 0 Å². The van der Waals surface area contributed by atoms with Gasteiger partial charge in [0.1, 0.15) is 5.65 Å². The van der Waals surface area contributed by atoms with E-state index in [4.69, 9.17) is 9.97 Å². The van der Waals surface area contributed by atoms with Gasteiger partial charge in [0.15, 0.2) is 0 Å². The maximum atomic E-state index is 5.21. The minimum absolute atomic E-state index is 0.923. The third-order valence-electron chi connectivity index (χ3n) is 10.3. The Morgan fingerprint density at radius 1 is 0.373 bits per heavy atom. The highest BCUT2D eigenvalue weighted by Gasteiger charge is 2.19. The maximum absolute atomic E-state index is 5.21. The van der Waals surface area contributed by atoms with Gasteiger partial charge in [-0.05, 0) is 66.2 Å². The van der Waals surface area contributed by atoms with Gasteiger partial charge >= 0.3 is 0 Å². The number of fused-ring (bicyclic) bond motifs is 9. The smallest absolute Gasteiger partial charge is 0.145 e. The summed E-state index contributed by atoms with van der Waals surface area (Å²) in [5.41, 5.74) is 13.2. The Kier molecular flexibility index (Phi) is 5.89. The molecule has 0 aliphatic rings. The molecular formula is C46H29N5. The standard InChI is InChI=1S/C46H29N5/c1-6-20-39(51-41-22-8-2-16-34(41)35-17-3-9-23-42(35)51)33(15-1)30-13-11-14-31(27-30)50-40-21-7-4-18-36(40)38-28-32(29-48-46(38)50)49-43-24-10-5-19-37(43)45-44(49)25-12-26-47-45/h1-29H. The molecule has 0 unspecified atom stereocenters. The molecule has 5 nitrogen and oxygen atoms in total. The van der Waals surface area contributed by atoms with Gasteiger partial charge in [0.2, 0.25) is 0 Å². The van der Waals surface area contributed by atoms with Crippen molar-refractivity contribution in [3.8, 4) is 28.2 Å². The highest BCUT2D eigenvalue weighted by atomic mass is 15.1. The second-order valence-electron chi connectivity index (χ2n) is 13.1. The highest BCUT2D eigenvalue weighted by Crippen LogP contribution is 2.39. The van der Waals surface area contributed by atoms with Gasteiger partial charge in [-0.25, -0.2) is 4.98 Å². The summed E-state index contributed by atoms with van der Waals surface area (Å²) in [5.74, 6) is 0. The molecule has 0 radical (unpaired) electrons. The molecule has 5 heteroatoms. The summed E-state index contributed by atoms with van der Waals surface area (Å²) in [6, 6.07) is 58.5. The molecule has 51 heavy (non-hydrogen) atoms. The molecule has 0 aliphatic carbocycles. The summed E-state index contributed by atoms with van der Waals surface area (Å²) in [4.78, 5) is 9.96. The molecule has 5 aromatic heterocycles. The summed E-state index contributed by atoms with van der Waals surface area (Å²) in [7, 11) is 0. The van der Waals surface area contributed by atoms with Crippen LogP contribution in [0.15, 0.2) is 176 Å². The van der Waals surface area contributed by atoms with E-state index in [1.54, 1.807) is 0 Å². The zero-order valence-electron chi connectivity index (χ0n) is 27.5. The van der Waals surface area contributed by atoms with Crippen LogP contribution in [0.3, 0.4) is 0 Å². The largest absolute Gasteiger partial charge is 0.309 e. The molecule has 11 aromatic rings. The first-order chi connectivity index (χ1) is 25.3. The van der Waals surface area contributed by atoms with Crippen LogP contribution >= 0.6 is 0 Å². The van der Waals surface area contributed by atoms with Gasteiger partial charge in [0, 0.05) is 44.4 Å². The number of nitrogens with zero attached hydrogens (tertiary/aromatic N) is 5. The van der Waals surface area contributed by atoms with Gasteiger partial charge < -0.3 is 9.13 Å². The van der Waals surface area contributed by atoms with Gasteiger partial charge in [0.25, 0.3) is 0 Å². The third-order valence-corrected chi connectivity index (χ3v) is 10.3. The van der Waals surface area contributed by atoms with Crippen LogP contribution in [-0.4, -0.2) is 23.7 Å². The first kappa shape index (κ1) is 27.9. The molecule has 0 aliphatic heterocycles. The first-order valence-corrected chi connectivity index (χ1v) is 17.3. The van der Waals surface area contributed by atoms with E-state index in [2.05, 4.69) is 171 Å². The highest BCUT2D eigenvalue weighted by molar-refractivity contribution is 6.11. The summed E-state index contributed by atoms with van der Waals surface area (Å²) in [5, 5.41) is 5.91. The molecule has 6 aromatic carbocycles. The fourth-order valence-electron chi connectivity index (χ4n) is 8.19. The summed E-state index contributed by atoms with van der Waals surface area (Å²) < 4.78 is 6.98. The Morgan fingerprint density at radius 2 is 0.961 bits per heavy atom. The van der Waals surface area contributed by atoms with Crippen LogP contribution in [0.5, 0.6) is 0 Å². The molecule has 0 bridgehead atoms. The van der Waals surface area contributed by atoms with Crippen molar-refractivity contribution in [3.63, 3.8) is 0 Å². The van der Waals surface area contributed by atoms with Crippen LogP contribution in [0.2, 0.25) is 0 Å². The topological polar surface area (TPSA) is 40.6 Å². The number of rotatable bonds is 4. The molecule has 0 amide bonds. The lowest BCUT2D eigenvalue weighted by atomic mass is 10.0. The number of pyridine rings is 2. The number of hydrogen-bond donors (Lipinski definition) is 0. The van der Waals surface area contributed by atoms with Gasteiger partial charge in [-0.1, -0.05) is 103 Å².